The van der Waals surface area contributed by atoms with Crippen molar-refractivity contribution < 1.29 is 0 Å². The summed E-state index contributed by atoms with van der Waals surface area (Å²) in [7, 11) is 2.05. The third-order valence-electron chi connectivity index (χ3n) is 8.43. The maximum atomic E-state index is 2.38. The van der Waals surface area contributed by atoms with Gasteiger partial charge in [-0.2, -0.15) is 0 Å². The van der Waals surface area contributed by atoms with Crippen molar-refractivity contribution in [1.82, 2.24) is 0 Å². The molecular formula is C34H36P2. The van der Waals surface area contributed by atoms with Gasteiger partial charge in [0.2, 0.25) is 0 Å². The smallest absolute Gasteiger partial charge is 0.00229 e. The quantitative estimate of drug-likeness (QED) is 0.219. The van der Waals surface area contributed by atoms with Crippen LogP contribution in [0.2, 0.25) is 0 Å². The molecule has 0 aromatic heterocycles. The fourth-order valence-electron chi connectivity index (χ4n) is 6.62. The average Bonchev–Trinajstić information content (AvgIpc) is 3.59. The predicted molar refractivity (Wildman–Crippen MR) is 159 cm³/mol. The van der Waals surface area contributed by atoms with Gasteiger partial charge in [-0.25, -0.2) is 0 Å². The number of hydrogen-bond donors (Lipinski definition) is 0. The lowest BCUT2D eigenvalue weighted by molar-refractivity contribution is 0.538. The van der Waals surface area contributed by atoms with E-state index in [1.807, 2.05) is 0 Å². The van der Waals surface area contributed by atoms with Crippen LogP contribution in [0.5, 0.6) is 0 Å². The van der Waals surface area contributed by atoms with Crippen molar-refractivity contribution in [2.45, 2.75) is 60.2 Å². The summed E-state index contributed by atoms with van der Waals surface area (Å²) in [5, 5.41) is 0. The van der Waals surface area contributed by atoms with E-state index in [4.69, 9.17) is 0 Å². The molecule has 2 unspecified atom stereocenters. The van der Waals surface area contributed by atoms with Crippen molar-refractivity contribution in [3.8, 4) is 0 Å². The van der Waals surface area contributed by atoms with Gasteiger partial charge in [0.25, 0.3) is 0 Å². The highest BCUT2D eigenvalue weighted by atomic mass is 31.1. The predicted octanol–water partition coefficient (Wildman–Crippen LogP) is 9.72. The zero-order valence-corrected chi connectivity index (χ0v) is 22.8. The Balaban J connectivity index is 1.22. The van der Waals surface area contributed by atoms with Crippen LogP contribution in [0, 0.1) is 0 Å². The summed E-state index contributed by atoms with van der Waals surface area (Å²) < 4.78 is 0. The van der Waals surface area contributed by atoms with Crippen LogP contribution >= 0.6 is 17.2 Å². The first-order valence-corrected chi connectivity index (χ1v) is 15.9. The van der Waals surface area contributed by atoms with Crippen LogP contribution in [0.4, 0.5) is 0 Å². The molecule has 2 heterocycles. The largest absolute Gasteiger partial charge is 0.111 e. The van der Waals surface area contributed by atoms with E-state index in [9.17, 15) is 0 Å². The third-order valence-corrected chi connectivity index (χ3v) is 12.6. The van der Waals surface area contributed by atoms with Crippen molar-refractivity contribution in [3.05, 3.63) is 144 Å². The third kappa shape index (κ3) is 5.37. The minimum Gasteiger partial charge on any atom is -0.111 e. The summed E-state index contributed by atoms with van der Waals surface area (Å²) in [4.78, 5) is 0. The fraction of sp³-hybridized carbons (Fsp3) is 0.294. The molecule has 2 saturated heterocycles. The molecule has 0 radical (unpaired) electrons. The first-order valence-electron chi connectivity index (χ1n) is 13.6. The maximum absolute atomic E-state index is 2.38. The Morgan fingerprint density at radius 2 is 0.722 bits per heavy atom. The van der Waals surface area contributed by atoms with E-state index in [0.29, 0.717) is 11.8 Å². The molecular weight excluding hydrogens is 470 g/mol. The summed E-state index contributed by atoms with van der Waals surface area (Å²) >= 11 is 0. The highest BCUT2D eigenvalue weighted by Gasteiger charge is 2.39. The molecule has 36 heavy (non-hydrogen) atoms. The Bertz CT molecular complexity index is 1110. The van der Waals surface area contributed by atoms with Crippen molar-refractivity contribution in [3.63, 3.8) is 0 Å². The highest BCUT2D eigenvalue weighted by Crippen LogP contribution is 2.61. The van der Waals surface area contributed by atoms with Gasteiger partial charge in [0.05, 0.1) is 0 Å². The van der Waals surface area contributed by atoms with Crippen LogP contribution in [-0.4, -0.2) is 11.3 Å². The molecule has 2 aliphatic heterocycles. The van der Waals surface area contributed by atoms with Gasteiger partial charge < -0.3 is 0 Å². The molecule has 4 aromatic carbocycles. The molecule has 0 spiro atoms. The van der Waals surface area contributed by atoms with E-state index in [0.717, 1.165) is 39.8 Å². The van der Waals surface area contributed by atoms with Crippen LogP contribution < -0.4 is 0 Å². The van der Waals surface area contributed by atoms with Gasteiger partial charge in [-0.15, -0.1) is 17.2 Å². The number of hydrogen-bond acceptors (Lipinski definition) is 0. The Morgan fingerprint density at radius 3 is 1.06 bits per heavy atom. The topological polar surface area (TPSA) is 0 Å². The van der Waals surface area contributed by atoms with Crippen molar-refractivity contribution >= 4 is 17.2 Å². The lowest BCUT2D eigenvalue weighted by Crippen LogP contribution is -2.15. The standard InChI is InChI=1S/C34H36P2/c1-5-13-25(14-6-1)29-23-33(27-17-9-3-10-18-27)35-31(29)21-22-32-30(26-15-7-2-8-16-26)24-34(36-32)28-19-11-4-12-20-28/h1-20,29-36H,21-24H2/t29-,30-,31+,32+,33-,34-/m1/s1. The van der Waals surface area contributed by atoms with Crippen LogP contribution in [0.3, 0.4) is 0 Å². The van der Waals surface area contributed by atoms with Crippen molar-refractivity contribution in [2.24, 2.45) is 0 Å². The van der Waals surface area contributed by atoms with Gasteiger partial charge in [0, 0.05) is 11.3 Å². The lowest BCUT2D eigenvalue weighted by atomic mass is 9.85. The SMILES string of the molecule is c1ccc([C@H]2C[C@H](c3ccccc3)P[C@H]2CC[C@@H]2P[C@@H](c3ccccc3)C[C@@H]2c2ccccc2)cc1. The Labute approximate surface area is 220 Å². The highest BCUT2D eigenvalue weighted by molar-refractivity contribution is 7.40. The van der Waals surface area contributed by atoms with E-state index in [2.05, 4.69) is 121 Å². The molecule has 0 nitrogen and oxygen atoms in total. The molecule has 0 N–H and O–H groups in total. The van der Waals surface area contributed by atoms with Gasteiger partial charge in [0.15, 0.2) is 0 Å². The normalized spacial score (nSPS) is 29.1. The first kappa shape index (κ1) is 24.1. The molecule has 2 aliphatic rings. The van der Waals surface area contributed by atoms with E-state index < -0.39 is 0 Å². The molecule has 182 valence electrons. The molecule has 0 amide bonds. The van der Waals surface area contributed by atoms with E-state index in [1.54, 1.807) is 22.3 Å². The summed E-state index contributed by atoms with van der Waals surface area (Å²) in [6.45, 7) is 0. The summed E-state index contributed by atoms with van der Waals surface area (Å²) in [6, 6.07) is 45.4. The van der Waals surface area contributed by atoms with Crippen LogP contribution in [0.25, 0.3) is 0 Å². The lowest BCUT2D eigenvalue weighted by Gasteiger charge is -2.24. The van der Waals surface area contributed by atoms with Gasteiger partial charge in [-0.3, -0.25) is 0 Å². The summed E-state index contributed by atoms with van der Waals surface area (Å²) in [5.41, 5.74) is 9.25. The first-order chi connectivity index (χ1) is 17.8. The van der Waals surface area contributed by atoms with Gasteiger partial charge >= 0.3 is 0 Å². The molecule has 0 aliphatic carbocycles. The van der Waals surface area contributed by atoms with Crippen LogP contribution in [0.15, 0.2) is 121 Å². The fourth-order valence-corrected chi connectivity index (χ4v) is 11.0. The Kier molecular flexibility index (Phi) is 7.65. The number of benzene rings is 4. The summed E-state index contributed by atoms with van der Waals surface area (Å²) in [6.07, 6.45) is 5.34. The van der Waals surface area contributed by atoms with E-state index >= 15 is 0 Å². The molecule has 0 bridgehead atoms. The molecule has 0 saturated carbocycles. The van der Waals surface area contributed by atoms with E-state index in [1.165, 1.54) is 25.7 Å². The molecule has 8 atom stereocenters. The second-order valence-electron chi connectivity index (χ2n) is 10.6. The second kappa shape index (κ2) is 11.4. The van der Waals surface area contributed by atoms with Gasteiger partial charge in [-0.05, 0) is 71.1 Å². The summed E-state index contributed by atoms with van der Waals surface area (Å²) in [5.74, 6) is 1.39. The maximum Gasteiger partial charge on any atom is 0.00229 e. The molecule has 4 aromatic rings. The monoisotopic (exact) mass is 506 g/mol. The van der Waals surface area contributed by atoms with Gasteiger partial charge in [0.1, 0.15) is 0 Å². The zero-order chi connectivity index (χ0) is 24.2. The molecule has 2 heteroatoms. The number of rotatable bonds is 7. The van der Waals surface area contributed by atoms with Crippen LogP contribution in [0.1, 0.15) is 71.1 Å². The molecule has 6 rings (SSSR count). The Hall–Kier alpha value is -2.26. The second-order valence-corrected chi connectivity index (χ2v) is 14.1. The minimum atomic E-state index is 0.694. The van der Waals surface area contributed by atoms with Gasteiger partial charge in [-0.1, -0.05) is 121 Å². The minimum absolute atomic E-state index is 0.694. The van der Waals surface area contributed by atoms with Crippen molar-refractivity contribution in [1.29, 1.82) is 0 Å². The Morgan fingerprint density at radius 1 is 0.417 bits per heavy atom. The van der Waals surface area contributed by atoms with E-state index in [-0.39, 0.29) is 0 Å². The zero-order valence-electron chi connectivity index (χ0n) is 20.8. The molecule has 2 fully saturated rings. The van der Waals surface area contributed by atoms with Crippen molar-refractivity contribution in [2.75, 3.05) is 0 Å². The van der Waals surface area contributed by atoms with Crippen LogP contribution in [-0.2, 0) is 0 Å². The average molecular weight is 507 g/mol.